The molecule has 2 nitrogen and oxygen atoms in total. The Labute approximate surface area is 128 Å². The third kappa shape index (κ3) is 3.44. The predicted octanol–water partition coefficient (Wildman–Crippen LogP) is 4.41. The third-order valence-corrected chi connectivity index (χ3v) is 4.19. The lowest BCUT2D eigenvalue weighted by Crippen LogP contribution is -1.91. The number of aryl methyl sites for hydroxylation is 2. The van der Waals surface area contributed by atoms with Gasteiger partial charge in [0.1, 0.15) is 0 Å². The van der Waals surface area contributed by atoms with Crippen molar-refractivity contribution in [3.8, 4) is 11.3 Å². The highest BCUT2D eigenvalue weighted by molar-refractivity contribution is 7.11. The molecule has 0 unspecified atom stereocenters. The number of hydrogen-bond acceptors (Lipinski definition) is 3. The van der Waals surface area contributed by atoms with Gasteiger partial charge in [-0.05, 0) is 24.0 Å². The predicted molar refractivity (Wildman–Crippen MR) is 86.8 cm³/mol. The van der Waals surface area contributed by atoms with Crippen LogP contribution in [-0.2, 0) is 12.8 Å². The van der Waals surface area contributed by atoms with Gasteiger partial charge >= 0.3 is 0 Å². The van der Waals surface area contributed by atoms with Crippen LogP contribution in [0.4, 0.5) is 0 Å². The van der Waals surface area contributed by atoms with E-state index in [-0.39, 0.29) is 0 Å². The largest absolute Gasteiger partial charge is 0.295 e. The molecule has 0 radical (unpaired) electrons. The number of hydrogen-bond donors (Lipinski definition) is 0. The average molecular weight is 293 g/mol. The maximum absolute atomic E-state index is 10.7. The van der Waals surface area contributed by atoms with E-state index < -0.39 is 0 Å². The summed E-state index contributed by atoms with van der Waals surface area (Å²) < 4.78 is 0. The summed E-state index contributed by atoms with van der Waals surface area (Å²) in [6.07, 6.45) is 2.87. The van der Waals surface area contributed by atoms with Gasteiger partial charge in [-0.15, -0.1) is 11.3 Å². The van der Waals surface area contributed by atoms with Crippen molar-refractivity contribution in [1.82, 2.24) is 4.98 Å². The first-order valence-corrected chi connectivity index (χ1v) is 7.77. The van der Waals surface area contributed by atoms with Crippen LogP contribution < -0.4 is 0 Å². The molecule has 0 aliphatic rings. The monoisotopic (exact) mass is 293 g/mol. The fraction of sp³-hybridized carbons (Fsp3) is 0.111. The van der Waals surface area contributed by atoms with E-state index in [1.165, 1.54) is 22.5 Å². The smallest absolute Gasteiger partial charge is 0.178 e. The molecular formula is C18H15NOS. The summed E-state index contributed by atoms with van der Waals surface area (Å²) in [5, 5.41) is 2.45. The summed E-state index contributed by atoms with van der Waals surface area (Å²) in [6, 6.07) is 18.9. The van der Waals surface area contributed by atoms with Crippen molar-refractivity contribution < 1.29 is 4.79 Å². The summed E-state index contributed by atoms with van der Waals surface area (Å²) in [5.74, 6) is 0. The fourth-order valence-corrected chi connectivity index (χ4v) is 2.88. The lowest BCUT2D eigenvalue weighted by atomic mass is 10.0. The molecule has 3 heteroatoms. The van der Waals surface area contributed by atoms with Gasteiger partial charge in [0.15, 0.2) is 11.3 Å². The number of carbonyl (C=O) groups excluding carboxylic acids is 1. The van der Waals surface area contributed by atoms with Crippen LogP contribution in [0.2, 0.25) is 0 Å². The molecule has 0 amide bonds. The molecule has 0 aliphatic heterocycles. The molecule has 0 fully saturated rings. The van der Waals surface area contributed by atoms with E-state index in [4.69, 9.17) is 0 Å². The molecule has 3 aromatic rings. The average Bonchev–Trinajstić information content (AvgIpc) is 3.03. The number of benzene rings is 2. The van der Waals surface area contributed by atoms with E-state index in [2.05, 4.69) is 53.5 Å². The number of aldehydes is 1. The molecule has 3 rings (SSSR count). The van der Waals surface area contributed by atoms with E-state index >= 15 is 0 Å². The zero-order valence-corrected chi connectivity index (χ0v) is 12.3. The Kier molecular flexibility index (Phi) is 4.22. The van der Waals surface area contributed by atoms with Crippen molar-refractivity contribution >= 4 is 17.6 Å². The van der Waals surface area contributed by atoms with Crippen LogP contribution in [0.5, 0.6) is 0 Å². The van der Waals surface area contributed by atoms with Crippen molar-refractivity contribution in [2.45, 2.75) is 12.8 Å². The van der Waals surface area contributed by atoms with Crippen LogP contribution in [0.1, 0.15) is 20.9 Å². The van der Waals surface area contributed by atoms with Gasteiger partial charge < -0.3 is 0 Å². The van der Waals surface area contributed by atoms with Gasteiger partial charge in [0, 0.05) is 10.9 Å². The molecule has 0 aliphatic carbocycles. The van der Waals surface area contributed by atoms with Gasteiger partial charge in [-0.1, -0.05) is 54.6 Å². The van der Waals surface area contributed by atoms with Crippen molar-refractivity contribution in [2.75, 3.05) is 0 Å². The third-order valence-electron chi connectivity index (χ3n) is 3.42. The van der Waals surface area contributed by atoms with Crippen LogP contribution >= 0.6 is 11.3 Å². The zero-order valence-electron chi connectivity index (χ0n) is 11.5. The lowest BCUT2D eigenvalue weighted by molar-refractivity contribution is 0.112. The molecule has 0 spiro atoms. The molecule has 0 atom stereocenters. The summed E-state index contributed by atoms with van der Waals surface area (Å²) in [5.41, 5.74) is 4.60. The molecule has 1 aromatic heterocycles. The molecule has 2 aromatic carbocycles. The van der Waals surface area contributed by atoms with Crippen LogP contribution in [0.25, 0.3) is 11.3 Å². The maximum atomic E-state index is 10.7. The van der Waals surface area contributed by atoms with Crippen LogP contribution in [-0.4, -0.2) is 11.3 Å². The molecule has 0 bridgehead atoms. The number of carbonyl (C=O) groups is 1. The highest BCUT2D eigenvalue weighted by Crippen LogP contribution is 2.22. The highest BCUT2D eigenvalue weighted by atomic mass is 32.1. The van der Waals surface area contributed by atoms with E-state index in [1.54, 1.807) is 0 Å². The van der Waals surface area contributed by atoms with Crippen LogP contribution in [0.3, 0.4) is 0 Å². The van der Waals surface area contributed by atoms with E-state index in [9.17, 15) is 4.79 Å². The summed E-state index contributed by atoms with van der Waals surface area (Å²) >= 11 is 1.38. The van der Waals surface area contributed by atoms with Gasteiger partial charge in [0.05, 0.1) is 5.69 Å². The summed E-state index contributed by atoms with van der Waals surface area (Å²) in [6.45, 7) is 0. The summed E-state index contributed by atoms with van der Waals surface area (Å²) in [7, 11) is 0. The standard InChI is InChI=1S/C18H15NOS/c20-12-18-19-17(13-21-18)16-10-8-15(9-11-16)7-6-14-4-2-1-3-5-14/h1-5,8-13H,6-7H2. The first-order chi connectivity index (χ1) is 10.3. The number of thiazole rings is 1. The van der Waals surface area contributed by atoms with Gasteiger partial charge in [-0.25, -0.2) is 4.98 Å². The SMILES string of the molecule is O=Cc1nc(-c2ccc(CCc3ccccc3)cc2)cs1. The topological polar surface area (TPSA) is 30.0 Å². The zero-order chi connectivity index (χ0) is 14.5. The van der Waals surface area contributed by atoms with Crippen LogP contribution in [0.15, 0.2) is 60.0 Å². The van der Waals surface area contributed by atoms with Gasteiger partial charge in [-0.3, -0.25) is 4.79 Å². The van der Waals surface area contributed by atoms with E-state index in [0.29, 0.717) is 5.01 Å². The van der Waals surface area contributed by atoms with Crippen molar-refractivity contribution in [2.24, 2.45) is 0 Å². The Bertz CT molecular complexity index is 716. The maximum Gasteiger partial charge on any atom is 0.178 e. The second-order valence-corrected chi connectivity index (χ2v) is 5.76. The van der Waals surface area contributed by atoms with Crippen molar-refractivity contribution in [3.63, 3.8) is 0 Å². The van der Waals surface area contributed by atoms with Gasteiger partial charge in [-0.2, -0.15) is 0 Å². The minimum atomic E-state index is 0.526. The van der Waals surface area contributed by atoms with Gasteiger partial charge in [0.2, 0.25) is 0 Å². The minimum absolute atomic E-state index is 0.526. The Hall–Kier alpha value is -2.26. The van der Waals surface area contributed by atoms with Crippen LogP contribution in [0, 0.1) is 0 Å². The number of nitrogens with zero attached hydrogens (tertiary/aromatic N) is 1. The number of aromatic nitrogens is 1. The molecule has 21 heavy (non-hydrogen) atoms. The quantitative estimate of drug-likeness (QED) is 0.652. The minimum Gasteiger partial charge on any atom is -0.295 e. The Morgan fingerprint density at radius 1 is 0.905 bits per heavy atom. The normalized spacial score (nSPS) is 10.5. The lowest BCUT2D eigenvalue weighted by Gasteiger charge is -2.03. The molecule has 104 valence electrons. The molecule has 1 heterocycles. The first-order valence-electron chi connectivity index (χ1n) is 6.89. The van der Waals surface area contributed by atoms with E-state index in [0.717, 1.165) is 30.4 Å². The van der Waals surface area contributed by atoms with E-state index in [1.807, 2.05) is 11.4 Å². The molecule has 0 saturated heterocycles. The second kappa shape index (κ2) is 6.46. The van der Waals surface area contributed by atoms with Gasteiger partial charge in [0.25, 0.3) is 0 Å². The Morgan fingerprint density at radius 2 is 1.57 bits per heavy atom. The Morgan fingerprint density at radius 3 is 2.19 bits per heavy atom. The molecule has 0 N–H and O–H groups in total. The molecular weight excluding hydrogens is 278 g/mol. The highest BCUT2D eigenvalue weighted by Gasteiger charge is 2.04. The van der Waals surface area contributed by atoms with Crippen molar-refractivity contribution in [1.29, 1.82) is 0 Å². The number of rotatable bonds is 5. The molecule has 0 saturated carbocycles. The van der Waals surface area contributed by atoms with Crippen molar-refractivity contribution in [3.05, 3.63) is 76.1 Å². The second-order valence-electron chi connectivity index (χ2n) is 4.87. The Balaban J connectivity index is 1.68. The fourth-order valence-electron chi connectivity index (χ4n) is 2.25. The first kappa shape index (κ1) is 13.7. The summed E-state index contributed by atoms with van der Waals surface area (Å²) in [4.78, 5) is 14.9.